The van der Waals surface area contributed by atoms with Gasteiger partial charge in [-0.05, 0) is 56.2 Å². The average Bonchev–Trinajstić information content (AvgIpc) is 3.10. The Hall–Kier alpha value is -5.15. The van der Waals surface area contributed by atoms with Crippen molar-refractivity contribution in [3.05, 3.63) is 88.8 Å². The fourth-order valence-corrected chi connectivity index (χ4v) is 5.64. The van der Waals surface area contributed by atoms with Crippen molar-refractivity contribution in [2.75, 3.05) is 19.8 Å². The van der Waals surface area contributed by atoms with Crippen LogP contribution in [0.1, 0.15) is 26.3 Å². The largest absolute Gasteiger partial charge is 0.486 e. The molecule has 2 aliphatic rings. The predicted molar refractivity (Wildman–Crippen MR) is 180 cm³/mol. The van der Waals surface area contributed by atoms with Gasteiger partial charge < -0.3 is 53.5 Å². The van der Waals surface area contributed by atoms with Crippen molar-refractivity contribution in [1.82, 2.24) is 5.32 Å². The predicted octanol–water partition coefficient (Wildman–Crippen LogP) is 3.10. The van der Waals surface area contributed by atoms with E-state index in [2.05, 4.69) is 5.32 Å². The lowest BCUT2D eigenvalue weighted by Crippen LogP contribution is -2.60. The summed E-state index contributed by atoms with van der Waals surface area (Å²) in [6.45, 7) is 5.34. The quantitative estimate of drug-likeness (QED) is 0.186. The van der Waals surface area contributed by atoms with Gasteiger partial charge >= 0.3 is 12.1 Å². The highest BCUT2D eigenvalue weighted by atomic mass is 16.7. The molecule has 0 bridgehead atoms. The lowest BCUT2D eigenvalue weighted by molar-refractivity contribution is -0.278. The van der Waals surface area contributed by atoms with Crippen LogP contribution in [-0.4, -0.2) is 89.6 Å². The molecule has 6 atom stereocenters. The van der Waals surface area contributed by atoms with E-state index in [9.17, 15) is 29.7 Å². The van der Waals surface area contributed by atoms with E-state index in [-0.39, 0.29) is 28.6 Å². The second-order valence-corrected chi connectivity index (χ2v) is 13.1. The molecule has 3 aromatic carbocycles. The fourth-order valence-electron chi connectivity index (χ4n) is 5.64. The van der Waals surface area contributed by atoms with Crippen molar-refractivity contribution in [1.29, 1.82) is 0 Å². The van der Waals surface area contributed by atoms with Gasteiger partial charge in [-0.15, -0.1) is 0 Å². The summed E-state index contributed by atoms with van der Waals surface area (Å²) in [5.74, 6) is 0.381. The molecule has 4 N–H and O–H groups in total. The number of carbonyl (C=O) groups excluding carboxylic acids is 2. The Morgan fingerprint density at radius 3 is 2.41 bits per heavy atom. The maximum atomic E-state index is 13.4. The molecule has 6 rings (SSSR count). The number of fused-ring (bicyclic) bond motifs is 2. The topological polar surface area (TPSA) is 192 Å². The molecule has 14 nitrogen and oxygen atoms in total. The molecule has 1 saturated heterocycles. The number of alkyl carbamates (subject to hydrolysis) is 1. The summed E-state index contributed by atoms with van der Waals surface area (Å²) in [5, 5.41) is 34.8. The fraction of sp³-hybridized carbons (Fsp3) is 0.378. The molecule has 0 radical (unpaired) electrons. The van der Waals surface area contributed by atoms with Gasteiger partial charge in [-0.2, -0.15) is 0 Å². The highest BCUT2D eigenvalue weighted by Gasteiger charge is 2.46. The number of nitrogens with one attached hydrogen (secondary N) is 1. The lowest BCUT2D eigenvalue weighted by Gasteiger charge is -2.40. The van der Waals surface area contributed by atoms with Gasteiger partial charge in [0.1, 0.15) is 73.5 Å². The maximum absolute atomic E-state index is 13.4. The smallest absolute Gasteiger partial charge is 0.408 e. The van der Waals surface area contributed by atoms with Gasteiger partial charge in [0.15, 0.2) is 16.9 Å². The Bertz CT molecular complexity index is 1920. The Balaban J connectivity index is 1.13. The Morgan fingerprint density at radius 1 is 0.922 bits per heavy atom. The van der Waals surface area contributed by atoms with Gasteiger partial charge in [0.2, 0.25) is 6.29 Å². The van der Waals surface area contributed by atoms with Crippen molar-refractivity contribution in [2.45, 2.75) is 69.5 Å². The van der Waals surface area contributed by atoms with Gasteiger partial charge in [-0.25, -0.2) is 9.59 Å². The first-order valence-electron chi connectivity index (χ1n) is 16.4. The van der Waals surface area contributed by atoms with Crippen LogP contribution in [0.4, 0.5) is 4.79 Å². The number of ether oxygens (including phenoxy) is 6. The summed E-state index contributed by atoms with van der Waals surface area (Å²) in [7, 11) is 0. The number of esters is 1. The number of hydrogen-bond acceptors (Lipinski definition) is 13. The summed E-state index contributed by atoms with van der Waals surface area (Å²) in [6, 6.07) is 17.3. The van der Waals surface area contributed by atoms with E-state index in [0.29, 0.717) is 35.8 Å². The zero-order valence-corrected chi connectivity index (χ0v) is 28.1. The molecule has 0 aliphatic carbocycles. The van der Waals surface area contributed by atoms with Crippen LogP contribution in [0.3, 0.4) is 0 Å². The first-order valence-corrected chi connectivity index (χ1v) is 16.4. The summed E-state index contributed by atoms with van der Waals surface area (Å²) in [6.07, 6.45) is -7.38. The molecule has 0 spiro atoms. The van der Waals surface area contributed by atoms with Crippen LogP contribution >= 0.6 is 0 Å². The standard InChI is InChI=1S/C37H39NO13/c1-37(2,3)51-36(44)38-25(15-20-7-5-4-6-8-20)34(43)48-19-29-31(40)32(41)33(42)35(50-29)49-22-10-11-23-27(17-22)47-18-24(30(23)39)21-9-12-26-28(16-21)46-14-13-45-26/h4-12,16-18,25,29,31-33,35,40-42H,13-15,19H2,1-3H3,(H,38,44). The molecule has 1 fully saturated rings. The molecule has 2 aliphatic heterocycles. The van der Waals surface area contributed by atoms with E-state index in [4.69, 9.17) is 32.8 Å². The Morgan fingerprint density at radius 2 is 1.67 bits per heavy atom. The van der Waals surface area contributed by atoms with Gasteiger partial charge in [0.25, 0.3) is 0 Å². The molecule has 6 unspecified atom stereocenters. The highest BCUT2D eigenvalue weighted by Crippen LogP contribution is 2.34. The summed E-state index contributed by atoms with van der Waals surface area (Å²) in [4.78, 5) is 39.2. The number of aliphatic hydroxyl groups excluding tert-OH is 3. The maximum Gasteiger partial charge on any atom is 0.408 e. The average molecular weight is 706 g/mol. The summed E-state index contributed by atoms with van der Waals surface area (Å²) < 4.78 is 39.3. The number of benzene rings is 3. The number of hydrogen-bond donors (Lipinski definition) is 4. The van der Waals surface area contributed by atoms with Crippen molar-refractivity contribution in [2.24, 2.45) is 0 Å². The lowest BCUT2D eigenvalue weighted by atomic mass is 9.99. The molecule has 4 aromatic rings. The molecule has 0 saturated carbocycles. The third kappa shape index (κ3) is 8.43. The first-order chi connectivity index (χ1) is 24.4. The van der Waals surface area contributed by atoms with Crippen molar-refractivity contribution >= 4 is 23.0 Å². The number of carbonyl (C=O) groups is 2. The van der Waals surface area contributed by atoms with E-state index >= 15 is 0 Å². The third-order valence-corrected chi connectivity index (χ3v) is 8.17. The molecular formula is C37H39NO13. The highest BCUT2D eigenvalue weighted by molar-refractivity contribution is 5.83. The Labute approximate surface area is 292 Å². The van der Waals surface area contributed by atoms with Gasteiger partial charge in [0, 0.05) is 12.5 Å². The van der Waals surface area contributed by atoms with Gasteiger partial charge in [0.05, 0.1) is 10.9 Å². The zero-order valence-electron chi connectivity index (χ0n) is 28.1. The minimum Gasteiger partial charge on any atom is -0.486 e. The third-order valence-electron chi connectivity index (χ3n) is 8.17. The van der Waals surface area contributed by atoms with E-state index in [0.717, 1.165) is 5.56 Å². The van der Waals surface area contributed by atoms with Crippen molar-refractivity contribution in [3.8, 4) is 28.4 Å². The normalized spacial score (nSPS) is 22.1. The van der Waals surface area contributed by atoms with E-state index in [1.807, 2.05) is 6.07 Å². The van der Waals surface area contributed by atoms with Crippen molar-refractivity contribution in [3.63, 3.8) is 0 Å². The number of aliphatic hydroxyl groups is 3. The second-order valence-electron chi connectivity index (χ2n) is 13.1. The monoisotopic (exact) mass is 705 g/mol. The minimum absolute atomic E-state index is 0.0797. The molecule has 1 aromatic heterocycles. The molecule has 51 heavy (non-hydrogen) atoms. The summed E-state index contributed by atoms with van der Waals surface area (Å²) in [5.41, 5.74) is 0.686. The zero-order chi connectivity index (χ0) is 36.3. The van der Waals surface area contributed by atoms with Gasteiger partial charge in [-0.1, -0.05) is 36.4 Å². The number of rotatable bonds is 9. The molecule has 3 heterocycles. The van der Waals surface area contributed by atoms with Crippen LogP contribution in [-0.2, 0) is 25.4 Å². The van der Waals surface area contributed by atoms with Gasteiger partial charge in [-0.3, -0.25) is 4.79 Å². The van der Waals surface area contributed by atoms with Crippen LogP contribution in [0, 0.1) is 0 Å². The van der Waals surface area contributed by atoms with Crippen LogP contribution in [0.25, 0.3) is 22.1 Å². The Kier molecular flexibility index (Phi) is 10.5. The first kappa shape index (κ1) is 35.7. The number of amides is 1. The molecule has 14 heteroatoms. The molecular weight excluding hydrogens is 666 g/mol. The van der Waals surface area contributed by atoms with E-state index < -0.39 is 61.0 Å². The minimum atomic E-state index is -1.74. The summed E-state index contributed by atoms with van der Waals surface area (Å²) >= 11 is 0. The van der Waals surface area contributed by atoms with E-state index in [1.165, 1.54) is 24.5 Å². The second kappa shape index (κ2) is 15.0. The van der Waals surface area contributed by atoms with Crippen LogP contribution in [0.2, 0.25) is 0 Å². The molecule has 270 valence electrons. The van der Waals surface area contributed by atoms with Crippen LogP contribution in [0.5, 0.6) is 17.2 Å². The SMILES string of the molecule is CC(C)(C)OC(=O)NC(Cc1ccccc1)C(=O)OCC1OC(Oc2ccc3c(=O)c(-c4ccc5c(c4)OCCO5)coc3c2)C(O)C(O)C1O. The van der Waals surface area contributed by atoms with E-state index in [1.54, 1.807) is 63.2 Å². The molecule has 1 amide bonds. The van der Waals surface area contributed by atoms with Crippen molar-refractivity contribution < 1.29 is 57.7 Å². The van der Waals surface area contributed by atoms with Crippen LogP contribution < -0.4 is 25.0 Å². The van der Waals surface area contributed by atoms with Crippen LogP contribution in [0.15, 0.2) is 82.2 Å².